The van der Waals surface area contributed by atoms with Crippen LogP contribution in [0.25, 0.3) is 0 Å². The molecule has 1 saturated heterocycles. The minimum absolute atomic E-state index is 0.00181. The van der Waals surface area contributed by atoms with Gasteiger partial charge in [0, 0.05) is 24.9 Å². The molecule has 0 saturated carbocycles. The minimum atomic E-state index is -3.29. The highest BCUT2D eigenvalue weighted by Gasteiger charge is 2.46. The zero-order valence-electron chi connectivity index (χ0n) is 14.3. The predicted octanol–water partition coefficient (Wildman–Crippen LogP) is 1.37. The Morgan fingerprint density at radius 2 is 1.62 bits per heavy atom. The summed E-state index contributed by atoms with van der Waals surface area (Å²) >= 11 is 0. The molecule has 7 nitrogen and oxygen atoms in total. The van der Waals surface area contributed by atoms with E-state index in [1.807, 2.05) is 12.2 Å². The Hall–Kier alpha value is -2.48. The van der Waals surface area contributed by atoms with Gasteiger partial charge in [-0.2, -0.15) is 0 Å². The maximum Gasteiger partial charge on any atom is 0.233 e. The summed E-state index contributed by atoms with van der Waals surface area (Å²) in [6, 6.07) is 5.83. The lowest BCUT2D eigenvalue weighted by Gasteiger charge is -2.14. The van der Waals surface area contributed by atoms with Crippen molar-refractivity contribution in [2.75, 3.05) is 18.1 Å². The molecule has 3 amide bonds. The average molecular weight is 376 g/mol. The maximum atomic E-state index is 12.3. The lowest BCUT2D eigenvalue weighted by atomic mass is 9.85. The Morgan fingerprint density at radius 3 is 2.12 bits per heavy atom. The highest BCUT2D eigenvalue weighted by atomic mass is 32.2. The smallest absolute Gasteiger partial charge is 0.233 e. The number of hydrogen-bond donors (Lipinski definition) is 1. The Labute approximate surface area is 152 Å². The Balaban J connectivity index is 1.56. The van der Waals surface area contributed by atoms with Crippen LogP contribution in [0.4, 0.5) is 5.69 Å². The monoisotopic (exact) mass is 376 g/mol. The van der Waals surface area contributed by atoms with Gasteiger partial charge in [0.1, 0.15) is 0 Å². The number of rotatable bonds is 5. The number of fused-ring (bicyclic) bond motifs is 1. The molecule has 1 heterocycles. The predicted molar refractivity (Wildman–Crippen MR) is 94.9 cm³/mol. The Bertz CT molecular complexity index is 847. The van der Waals surface area contributed by atoms with Gasteiger partial charge in [-0.1, -0.05) is 12.2 Å². The molecule has 26 heavy (non-hydrogen) atoms. The fourth-order valence-electron chi connectivity index (χ4n) is 3.31. The van der Waals surface area contributed by atoms with Crippen LogP contribution in [0.15, 0.2) is 41.3 Å². The van der Waals surface area contributed by atoms with E-state index in [1.165, 1.54) is 29.2 Å². The lowest BCUT2D eigenvalue weighted by Crippen LogP contribution is -2.34. The molecule has 0 aromatic heterocycles. The number of benzene rings is 1. The SMILES string of the molecule is CS(=O)(=O)c1ccc(NC(=O)CCN2C(=O)[C@H]3CC=CC[C@@H]3C2=O)cc1. The van der Waals surface area contributed by atoms with Crippen LogP contribution in [0, 0.1) is 11.8 Å². The highest BCUT2D eigenvalue weighted by Crippen LogP contribution is 2.35. The number of likely N-dealkylation sites (tertiary alicyclic amines) is 1. The van der Waals surface area contributed by atoms with Crippen LogP contribution in [-0.2, 0) is 24.2 Å². The van der Waals surface area contributed by atoms with Crippen molar-refractivity contribution in [1.29, 1.82) is 0 Å². The first-order valence-corrected chi connectivity index (χ1v) is 10.3. The van der Waals surface area contributed by atoms with Crippen LogP contribution in [0.2, 0.25) is 0 Å². The summed E-state index contributed by atoms with van der Waals surface area (Å²) in [4.78, 5) is 38.1. The van der Waals surface area contributed by atoms with Crippen molar-refractivity contribution in [2.24, 2.45) is 11.8 Å². The van der Waals surface area contributed by atoms with E-state index in [2.05, 4.69) is 5.32 Å². The van der Waals surface area contributed by atoms with E-state index in [9.17, 15) is 22.8 Å². The molecule has 1 aliphatic carbocycles. The summed E-state index contributed by atoms with van der Waals surface area (Å²) in [6.45, 7) is 0.0535. The van der Waals surface area contributed by atoms with Gasteiger partial charge in [0.25, 0.3) is 0 Å². The van der Waals surface area contributed by atoms with Crippen molar-refractivity contribution >= 4 is 33.2 Å². The van der Waals surface area contributed by atoms with Crippen LogP contribution in [0.5, 0.6) is 0 Å². The fraction of sp³-hybridized carbons (Fsp3) is 0.389. The largest absolute Gasteiger partial charge is 0.326 e. The van der Waals surface area contributed by atoms with Gasteiger partial charge in [-0.15, -0.1) is 0 Å². The van der Waals surface area contributed by atoms with Crippen molar-refractivity contribution in [3.05, 3.63) is 36.4 Å². The Morgan fingerprint density at radius 1 is 1.08 bits per heavy atom. The van der Waals surface area contributed by atoms with E-state index in [0.717, 1.165) is 6.26 Å². The second kappa shape index (κ2) is 7.03. The molecule has 3 rings (SSSR count). The van der Waals surface area contributed by atoms with Gasteiger partial charge in [-0.25, -0.2) is 8.42 Å². The van der Waals surface area contributed by atoms with Crippen LogP contribution in [0.3, 0.4) is 0 Å². The standard InChI is InChI=1S/C18H20N2O5S/c1-26(24,25)13-8-6-12(7-9-13)19-16(21)10-11-20-17(22)14-4-2-3-5-15(14)18(20)23/h2-3,6-9,14-15H,4-5,10-11H2,1H3,(H,19,21)/t14-,15-/m0/s1. The van der Waals surface area contributed by atoms with Crippen molar-refractivity contribution < 1.29 is 22.8 Å². The molecule has 8 heteroatoms. The third-order valence-electron chi connectivity index (χ3n) is 4.73. The second-order valence-corrected chi connectivity index (χ2v) is 8.59. The first-order chi connectivity index (χ1) is 12.3. The fourth-order valence-corrected chi connectivity index (χ4v) is 3.94. The van der Waals surface area contributed by atoms with E-state index in [0.29, 0.717) is 18.5 Å². The van der Waals surface area contributed by atoms with E-state index < -0.39 is 9.84 Å². The molecule has 2 atom stereocenters. The van der Waals surface area contributed by atoms with Gasteiger partial charge < -0.3 is 5.32 Å². The van der Waals surface area contributed by atoms with Crippen molar-refractivity contribution in [3.63, 3.8) is 0 Å². The first-order valence-electron chi connectivity index (χ1n) is 8.37. The van der Waals surface area contributed by atoms with Gasteiger partial charge in [0.15, 0.2) is 9.84 Å². The van der Waals surface area contributed by atoms with Gasteiger partial charge in [0.05, 0.1) is 16.7 Å². The molecule has 1 aromatic rings. The van der Waals surface area contributed by atoms with Crippen molar-refractivity contribution in [3.8, 4) is 0 Å². The number of imide groups is 1. The minimum Gasteiger partial charge on any atom is -0.326 e. The number of amides is 3. The molecule has 1 aliphatic heterocycles. The van der Waals surface area contributed by atoms with Crippen LogP contribution in [0.1, 0.15) is 19.3 Å². The molecule has 2 aliphatic rings. The van der Waals surface area contributed by atoms with E-state index >= 15 is 0 Å². The number of allylic oxidation sites excluding steroid dienone is 2. The molecule has 0 radical (unpaired) electrons. The summed E-state index contributed by atoms with van der Waals surface area (Å²) in [5.74, 6) is -1.33. The summed E-state index contributed by atoms with van der Waals surface area (Å²) in [6.07, 6.45) is 6.09. The zero-order valence-corrected chi connectivity index (χ0v) is 15.2. The average Bonchev–Trinajstić information content (AvgIpc) is 2.84. The number of hydrogen-bond acceptors (Lipinski definition) is 5. The lowest BCUT2D eigenvalue weighted by molar-refractivity contribution is -0.140. The summed E-state index contributed by atoms with van der Waals surface area (Å²) in [5, 5.41) is 2.64. The molecule has 0 spiro atoms. The van der Waals surface area contributed by atoms with Gasteiger partial charge in [-0.05, 0) is 37.1 Å². The topological polar surface area (TPSA) is 101 Å². The second-order valence-electron chi connectivity index (χ2n) is 6.58. The molecule has 0 bridgehead atoms. The number of nitrogens with zero attached hydrogens (tertiary/aromatic N) is 1. The van der Waals surface area contributed by atoms with Crippen LogP contribution in [-0.4, -0.2) is 43.8 Å². The number of carbonyl (C=O) groups is 3. The molecule has 138 valence electrons. The third-order valence-corrected chi connectivity index (χ3v) is 5.86. The van der Waals surface area contributed by atoms with E-state index in [4.69, 9.17) is 0 Å². The van der Waals surface area contributed by atoms with Crippen LogP contribution < -0.4 is 5.32 Å². The highest BCUT2D eigenvalue weighted by molar-refractivity contribution is 7.90. The van der Waals surface area contributed by atoms with Gasteiger partial charge in [0.2, 0.25) is 17.7 Å². The van der Waals surface area contributed by atoms with Crippen LogP contribution >= 0.6 is 0 Å². The zero-order chi connectivity index (χ0) is 18.9. The summed E-state index contributed by atoms with van der Waals surface area (Å²) in [7, 11) is -3.29. The van der Waals surface area contributed by atoms with Crippen molar-refractivity contribution in [2.45, 2.75) is 24.2 Å². The molecular formula is C18H20N2O5S. The normalized spacial score (nSPS) is 22.4. The summed E-state index contributed by atoms with van der Waals surface area (Å²) in [5.41, 5.74) is 0.458. The number of sulfone groups is 1. The molecular weight excluding hydrogens is 356 g/mol. The van der Waals surface area contributed by atoms with Gasteiger partial charge >= 0.3 is 0 Å². The summed E-state index contributed by atoms with van der Waals surface area (Å²) < 4.78 is 22.8. The van der Waals surface area contributed by atoms with E-state index in [-0.39, 0.29) is 47.4 Å². The van der Waals surface area contributed by atoms with Gasteiger partial charge in [-0.3, -0.25) is 19.3 Å². The first kappa shape index (κ1) is 18.3. The molecule has 0 unspecified atom stereocenters. The number of carbonyl (C=O) groups excluding carboxylic acids is 3. The maximum absolute atomic E-state index is 12.3. The molecule has 1 N–H and O–H groups in total. The van der Waals surface area contributed by atoms with Crippen molar-refractivity contribution in [1.82, 2.24) is 4.90 Å². The molecule has 1 fully saturated rings. The third kappa shape index (κ3) is 3.70. The number of nitrogens with one attached hydrogen (secondary N) is 1. The van der Waals surface area contributed by atoms with E-state index in [1.54, 1.807) is 0 Å². The molecule has 1 aromatic carbocycles. The number of anilines is 1. The quantitative estimate of drug-likeness (QED) is 0.618. The Kier molecular flexibility index (Phi) is 4.95.